The van der Waals surface area contributed by atoms with Crippen LogP contribution in [0.2, 0.25) is 0 Å². The number of nitrogens with one attached hydrogen (secondary N) is 1. The molecule has 2 rings (SSSR count). The van der Waals surface area contributed by atoms with E-state index in [9.17, 15) is 4.79 Å². The van der Waals surface area contributed by atoms with Crippen LogP contribution in [0.25, 0.3) is 0 Å². The highest BCUT2D eigenvalue weighted by Crippen LogP contribution is 2.27. The third-order valence-electron chi connectivity index (χ3n) is 2.85. The smallest absolute Gasteiger partial charge is 0.227 e. The van der Waals surface area contributed by atoms with Gasteiger partial charge in [0.15, 0.2) is 0 Å². The summed E-state index contributed by atoms with van der Waals surface area (Å²) in [5.41, 5.74) is 0. The minimum atomic E-state index is 0.260. The van der Waals surface area contributed by atoms with Gasteiger partial charge in [0.1, 0.15) is 0 Å². The molecule has 1 amide bonds. The molecule has 1 saturated carbocycles. The Bertz CT molecular complexity index is 179. The van der Waals surface area contributed by atoms with E-state index in [0.717, 1.165) is 19.5 Å². The SMILES string of the molecule is CN(C(=O)[C@H]1CCNC1)C1CC1. The number of nitrogens with zero attached hydrogens (tertiary/aromatic N) is 1. The highest BCUT2D eigenvalue weighted by atomic mass is 16.2. The van der Waals surface area contributed by atoms with Gasteiger partial charge in [0.25, 0.3) is 0 Å². The second-order valence-electron chi connectivity index (χ2n) is 3.87. The summed E-state index contributed by atoms with van der Waals surface area (Å²) in [6, 6.07) is 0.568. The van der Waals surface area contributed by atoms with Gasteiger partial charge in [-0.05, 0) is 25.8 Å². The predicted molar refractivity (Wildman–Crippen MR) is 46.8 cm³/mol. The maximum absolute atomic E-state index is 11.7. The van der Waals surface area contributed by atoms with Crippen molar-refractivity contribution in [3.63, 3.8) is 0 Å². The first-order valence-corrected chi connectivity index (χ1v) is 4.76. The molecule has 1 saturated heterocycles. The fourth-order valence-electron chi connectivity index (χ4n) is 1.80. The fourth-order valence-corrected chi connectivity index (χ4v) is 1.80. The zero-order valence-electron chi connectivity index (χ0n) is 7.55. The first kappa shape index (κ1) is 8.05. The zero-order chi connectivity index (χ0) is 8.55. The van der Waals surface area contributed by atoms with Gasteiger partial charge >= 0.3 is 0 Å². The Kier molecular flexibility index (Phi) is 2.05. The third kappa shape index (κ3) is 1.46. The van der Waals surface area contributed by atoms with Crippen LogP contribution < -0.4 is 5.32 Å². The van der Waals surface area contributed by atoms with E-state index in [1.807, 2.05) is 11.9 Å². The molecule has 3 nitrogen and oxygen atoms in total. The lowest BCUT2D eigenvalue weighted by molar-refractivity contribution is -0.134. The topological polar surface area (TPSA) is 32.3 Å². The van der Waals surface area contributed by atoms with Crippen molar-refractivity contribution >= 4 is 5.91 Å². The number of carbonyl (C=O) groups is 1. The van der Waals surface area contributed by atoms with Gasteiger partial charge in [0.2, 0.25) is 5.91 Å². The van der Waals surface area contributed by atoms with E-state index >= 15 is 0 Å². The van der Waals surface area contributed by atoms with E-state index in [-0.39, 0.29) is 5.92 Å². The molecule has 1 N–H and O–H groups in total. The van der Waals surface area contributed by atoms with Gasteiger partial charge in [-0.25, -0.2) is 0 Å². The summed E-state index contributed by atoms with van der Waals surface area (Å²) in [4.78, 5) is 13.7. The van der Waals surface area contributed by atoms with Gasteiger partial charge in [-0.2, -0.15) is 0 Å². The van der Waals surface area contributed by atoms with Crippen molar-refractivity contribution < 1.29 is 4.79 Å². The standard InChI is InChI=1S/C9H16N2O/c1-11(8-2-3-8)9(12)7-4-5-10-6-7/h7-8,10H,2-6H2,1H3/t7-/m0/s1. The summed E-state index contributed by atoms with van der Waals surface area (Å²) < 4.78 is 0. The first-order valence-electron chi connectivity index (χ1n) is 4.76. The van der Waals surface area contributed by atoms with E-state index in [2.05, 4.69) is 5.32 Å². The number of carbonyl (C=O) groups excluding carboxylic acids is 1. The molecule has 1 aliphatic heterocycles. The number of hydrogen-bond acceptors (Lipinski definition) is 2. The van der Waals surface area contributed by atoms with Gasteiger partial charge < -0.3 is 10.2 Å². The lowest BCUT2D eigenvalue weighted by Gasteiger charge is -2.19. The predicted octanol–water partition coefficient (Wildman–Crippen LogP) is 0.217. The molecule has 0 spiro atoms. The normalized spacial score (nSPS) is 28.9. The maximum Gasteiger partial charge on any atom is 0.227 e. The quantitative estimate of drug-likeness (QED) is 0.639. The van der Waals surface area contributed by atoms with Crippen LogP contribution in [0.15, 0.2) is 0 Å². The molecule has 0 aromatic carbocycles. The van der Waals surface area contributed by atoms with Crippen molar-refractivity contribution in [2.24, 2.45) is 5.92 Å². The van der Waals surface area contributed by atoms with Gasteiger partial charge in [-0.3, -0.25) is 4.79 Å². The third-order valence-corrected chi connectivity index (χ3v) is 2.85. The van der Waals surface area contributed by atoms with Crippen LogP contribution in [-0.4, -0.2) is 37.0 Å². The van der Waals surface area contributed by atoms with E-state index in [1.165, 1.54) is 12.8 Å². The van der Waals surface area contributed by atoms with Crippen LogP contribution in [0.3, 0.4) is 0 Å². The molecule has 1 aliphatic carbocycles. The summed E-state index contributed by atoms with van der Waals surface area (Å²) in [7, 11) is 1.94. The Labute approximate surface area is 73.1 Å². The molecule has 3 heteroatoms. The Morgan fingerprint density at radius 3 is 2.67 bits per heavy atom. The van der Waals surface area contributed by atoms with E-state index in [0.29, 0.717) is 11.9 Å². The minimum Gasteiger partial charge on any atom is -0.342 e. The molecule has 0 unspecified atom stereocenters. The van der Waals surface area contributed by atoms with Crippen molar-refractivity contribution in [2.45, 2.75) is 25.3 Å². The minimum absolute atomic E-state index is 0.260. The fraction of sp³-hybridized carbons (Fsp3) is 0.889. The highest BCUT2D eigenvalue weighted by molar-refractivity contribution is 5.79. The Balaban J connectivity index is 1.88. The van der Waals surface area contributed by atoms with Crippen molar-refractivity contribution in [3.05, 3.63) is 0 Å². The molecule has 2 aliphatic rings. The van der Waals surface area contributed by atoms with Gasteiger partial charge in [0.05, 0.1) is 5.92 Å². The molecule has 0 aromatic heterocycles. The molecule has 68 valence electrons. The maximum atomic E-state index is 11.7. The molecule has 1 atom stereocenters. The van der Waals surface area contributed by atoms with E-state index < -0.39 is 0 Å². The summed E-state index contributed by atoms with van der Waals surface area (Å²) in [6.07, 6.45) is 3.45. The Hall–Kier alpha value is -0.570. The molecule has 1 heterocycles. The summed E-state index contributed by atoms with van der Waals surface area (Å²) >= 11 is 0. The monoisotopic (exact) mass is 168 g/mol. The zero-order valence-corrected chi connectivity index (χ0v) is 7.55. The Morgan fingerprint density at radius 2 is 2.17 bits per heavy atom. The molecular weight excluding hydrogens is 152 g/mol. The van der Waals surface area contributed by atoms with Gasteiger partial charge in [-0.1, -0.05) is 0 Å². The largest absolute Gasteiger partial charge is 0.342 e. The van der Waals surface area contributed by atoms with Crippen LogP contribution in [0.1, 0.15) is 19.3 Å². The lowest BCUT2D eigenvalue weighted by atomic mass is 10.1. The second kappa shape index (κ2) is 3.05. The van der Waals surface area contributed by atoms with Crippen LogP contribution in [0.5, 0.6) is 0 Å². The highest BCUT2D eigenvalue weighted by Gasteiger charge is 2.33. The first-order chi connectivity index (χ1) is 5.79. The van der Waals surface area contributed by atoms with Gasteiger partial charge in [-0.15, -0.1) is 0 Å². The average molecular weight is 168 g/mol. The number of amides is 1. The lowest BCUT2D eigenvalue weighted by Crippen LogP contribution is -2.35. The van der Waals surface area contributed by atoms with Gasteiger partial charge in [0, 0.05) is 19.6 Å². The molecular formula is C9H16N2O. The molecule has 2 fully saturated rings. The van der Waals surface area contributed by atoms with Crippen molar-refractivity contribution in [1.82, 2.24) is 10.2 Å². The van der Waals surface area contributed by atoms with Crippen molar-refractivity contribution in [3.8, 4) is 0 Å². The summed E-state index contributed by atoms with van der Waals surface area (Å²) in [5.74, 6) is 0.609. The van der Waals surface area contributed by atoms with E-state index in [4.69, 9.17) is 0 Å². The number of rotatable bonds is 2. The molecule has 0 bridgehead atoms. The number of hydrogen-bond donors (Lipinski definition) is 1. The van der Waals surface area contributed by atoms with Crippen molar-refractivity contribution in [2.75, 3.05) is 20.1 Å². The molecule has 0 aromatic rings. The van der Waals surface area contributed by atoms with Crippen LogP contribution in [0.4, 0.5) is 0 Å². The average Bonchev–Trinajstić information content (AvgIpc) is 2.79. The van der Waals surface area contributed by atoms with Crippen molar-refractivity contribution in [1.29, 1.82) is 0 Å². The van der Waals surface area contributed by atoms with Crippen LogP contribution >= 0.6 is 0 Å². The second-order valence-corrected chi connectivity index (χ2v) is 3.87. The van der Waals surface area contributed by atoms with E-state index in [1.54, 1.807) is 0 Å². The summed E-state index contributed by atoms with van der Waals surface area (Å²) in [5, 5.41) is 3.22. The Morgan fingerprint density at radius 1 is 1.42 bits per heavy atom. The molecule has 12 heavy (non-hydrogen) atoms. The molecule has 0 radical (unpaired) electrons. The summed E-state index contributed by atoms with van der Waals surface area (Å²) in [6.45, 7) is 1.89. The van der Waals surface area contributed by atoms with Crippen LogP contribution in [-0.2, 0) is 4.79 Å². The van der Waals surface area contributed by atoms with Crippen LogP contribution in [0, 0.1) is 5.92 Å².